The zero-order valence-electron chi connectivity index (χ0n) is 14.5. The molecule has 0 spiro atoms. The van der Waals surface area contributed by atoms with Gasteiger partial charge in [-0.25, -0.2) is 0 Å². The van der Waals surface area contributed by atoms with Gasteiger partial charge in [0.15, 0.2) is 5.78 Å². The topological polar surface area (TPSA) is 68.2 Å². The van der Waals surface area contributed by atoms with Crippen LogP contribution >= 0.6 is 0 Å². The van der Waals surface area contributed by atoms with Crippen LogP contribution in [0.15, 0.2) is 47.4 Å². The third-order valence-corrected chi connectivity index (χ3v) is 4.80. The molecule has 5 heteroatoms. The van der Waals surface area contributed by atoms with Gasteiger partial charge in [-0.05, 0) is 29.9 Å². The number of hydrogen-bond donors (Lipinski definition) is 1. The molecule has 1 saturated carbocycles. The highest BCUT2D eigenvalue weighted by Crippen LogP contribution is 2.41. The molecule has 1 aliphatic carbocycles. The largest absolute Gasteiger partial charge is 0.355 e. The van der Waals surface area contributed by atoms with Crippen molar-refractivity contribution < 1.29 is 9.59 Å². The lowest BCUT2D eigenvalue weighted by molar-refractivity contribution is 0.0961. The van der Waals surface area contributed by atoms with Crippen molar-refractivity contribution in [1.82, 2.24) is 9.88 Å². The number of nitrogens with zero attached hydrogens (tertiary/aromatic N) is 1. The van der Waals surface area contributed by atoms with Gasteiger partial charge in [0.25, 0.3) is 11.5 Å². The summed E-state index contributed by atoms with van der Waals surface area (Å²) in [5, 5.41) is 2.48. The predicted molar refractivity (Wildman–Crippen MR) is 95.9 cm³/mol. The maximum atomic E-state index is 12.6. The second-order valence-electron chi connectivity index (χ2n) is 6.74. The molecule has 1 aromatic heterocycles. The van der Waals surface area contributed by atoms with Gasteiger partial charge >= 0.3 is 0 Å². The fraction of sp³-hybridized carbons (Fsp3) is 0.350. The van der Waals surface area contributed by atoms with E-state index in [-0.39, 0.29) is 16.9 Å². The van der Waals surface area contributed by atoms with E-state index in [9.17, 15) is 14.4 Å². The monoisotopic (exact) mass is 338 g/mol. The molecule has 0 bridgehead atoms. The number of amides is 1. The molecule has 3 rings (SSSR count). The van der Waals surface area contributed by atoms with Crippen LogP contribution in [0, 0.1) is 11.8 Å². The molecule has 25 heavy (non-hydrogen) atoms. The van der Waals surface area contributed by atoms with E-state index in [2.05, 4.69) is 12.2 Å². The molecular formula is C20H22N2O3. The maximum Gasteiger partial charge on any atom is 0.263 e. The van der Waals surface area contributed by atoms with Gasteiger partial charge in [0, 0.05) is 25.2 Å². The van der Waals surface area contributed by atoms with E-state index >= 15 is 0 Å². The van der Waals surface area contributed by atoms with E-state index in [1.807, 2.05) is 30.3 Å². The normalized spacial score (nSPS) is 18.6. The van der Waals surface area contributed by atoms with Crippen molar-refractivity contribution in [3.63, 3.8) is 0 Å². The molecule has 1 aromatic carbocycles. The third kappa shape index (κ3) is 3.87. The summed E-state index contributed by atoms with van der Waals surface area (Å²) in [6.07, 6.45) is 3.12. The number of carbonyl (C=O) groups excluding carboxylic acids is 2. The van der Waals surface area contributed by atoms with Crippen molar-refractivity contribution in [3.8, 4) is 0 Å². The Bertz CT molecular complexity index is 855. The molecule has 2 unspecified atom stereocenters. The number of pyridine rings is 1. The Morgan fingerprint density at radius 3 is 2.52 bits per heavy atom. The minimum absolute atomic E-state index is 0.00752. The van der Waals surface area contributed by atoms with Gasteiger partial charge in [-0.15, -0.1) is 0 Å². The molecule has 130 valence electrons. The third-order valence-electron chi connectivity index (χ3n) is 4.80. The van der Waals surface area contributed by atoms with Crippen LogP contribution in [0.4, 0.5) is 0 Å². The molecule has 0 saturated heterocycles. The molecule has 1 N–H and O–H groups in total. The molecule has 0 aliphatic heterocycles. The SMILES string of the molecule is CNC(=O)c1cc(C(=O)CC2CC2C)cn(Cc2ccccc2)c1=O. The highest BCUT2D eigenvalue weighted by Gasteiger charge is 2.34. The summed E-state index contributed by atoms with van der Waals surface area (Å²) in [5.74, 6) is 0.519. The summed E-state index contributed by atoms with van der Waals surface area (Å²) in [7, 11) is 1.48. The zero-order valence-corrected chi connectivity index (χ0v) is 14.5. The van der Waals surface area contributed by atoms with Crippen LogP contribution in [0.3, 0.4) is 0 Å². The number of rotatable bonds is 6. The Morgan fingerprint density at radius 2 is 1.92 bits per heavy atom. The van der Waals surface area contributed by atoms with Crippen LogP contribution in [0.1, 0.15) is 46.0 Å². The van der Waals surface area contributed by atoms with Crippen LogP contribution in [0.5, 0.6) is 0 Å². The molecule has 0 radical (unpaired) electrons. The number of Topliss-reactive ketones (excluding diaryl/α,β-unsaturated/α-hetero) is 1. The maximum absolute atomic E-state index is 12.6. The number of aromatic nitrogens is 1. The number of hydrogen-bond acceptors (Lipinski definition) is 3. The minimum atomic E-state index is -0.471. The zero-order chi connectivity index (χ0) is 18.0. The van der Waals surface area contributed by atoms with Crippen LogP contribution in [0.25, 0.3) is 0 Å². The van der Waals surface area contributed by atoms with Crippen LogP contribution in [0.2, 0.25) is 0 Å². The fourth-order valence-electron chi connectivity index (χ4n) is 3.02. The number of ketones is 1. The van der Waals surface area contributed by atoms with Crippen LogP contribution in [-0.2, 0) is 6.54 Å². The molecule has 1 heterocycles. The van der Waals surface area contributed by atoms with Crippen molar-refractivity contribution in [2.75, 3.05) is 7.05 Å². The number of carbonyl (C=O) groups is 2. The molecular weight excluding hydrogens is 316 g/mol. The lowest BCUT2D eigenvalue weighted by atomic mass is 10.0. The first-order chi connectivity index (χ1) is 12.0. The van der Waals surface area contributed by atoms with E-state index in [0.717, 1.165) is 12.0 Å². The quantitative estimate of drug-likeness (QED) is 0.823. The molecule has 1 aliphatic rings. The molecule has 2 atom stereocenters. The first kappa shape index (κ1) is 17.1. The van der Waals surface area contributed by atoms with E-state index in [1.54, 1.807) is 6.20 Å². The summed E-state index contributed by atoms with van der Waals surface area (Å²) >= 11 is 0. The second kappa shape index (κ2) is 7.05. The van der Waals surface area contributed by atoms with Gasteiger partial charge in [-0.1, -0.05) is 37.3 Å². The van der Waals surface area contributed by atoms with E-state index < -0.39 is 5.91 Å². The highest BCUT2D eigenvalue weighted by atomic mass is 16.2. The summed E-state index contributed by atoms with van der Waals surface area (Å²) in [6, 6.07) is 10.9. The molecule has 2 aromatic rings. The summed E-state index contributed by atoms with van der Waals surface area (Å²) in [4.78, 5) is 37.3. The van der Waals surface area contributed by atoms with Crippen molar-refractivity contribution >= 4 is 11.7 Å². The lowest BCUT2D eigenvalue weighted by Crippen LogP contribution is -2.32. The molecule has 5 nitrogen and oxygen atoms in total. The number of nitrogens with one attached hydrogen (secondary N) is 1. The van der Waals surface area contributed by atoms with Crippen molar-refractivity contribution in [2.24, 2.45) is 11.8 Å². The standard InChI is InChI=1S/C20H22N2O3/c1-13-8-15(13)10-18(23)16-9-17(19(24)21-2)20(25)22(12-16)11-14-6-4-3-5-7-14/h3-7,9,12-13,15H,8,10-11H2,1-2H3,(H,21,24). The van der Waals surface area contributed by atoms with Gasteiger partial charge in [0.1, 0.15) is 5.56 Å². The average molecular weight is 338 g/mol. The minimum Gasteiger partial charge on any atom is -0.355 e. The Balaban J connectivity index is 1.97. The first-order valence-electron chi connectivity index (χ1n) is 8.53. The smallest absolute Gasteiger partial charge is 0.263 e. The molecule has 1 amide bonds. The van der Waals surface area contributed by atoms with E-state index in [0.29, 0.717) is 30.4 Å². The predicted octanol–water partition coefficient (Wildman–Crippen LogP) is 2.49. The van der Waals surface area contributed by atoms with Gasteiger partial charge in [0.2, 0.25) is 0 Å². The van der Waals surface area contributed by atoms with Crippen LogP contribution < -0.4 is 10.9 Å². The van der Waals surface area contributed by atoms with Crippen molar-refractivity contribution in [1.29, 1.82) is 0 Å². The Labute approximate surface area is 146 Å². The average Bonchev–Trinajstić information content (AvgIpc) is 3.31. The summed E-state index contributed by atoms with van der Waals surface area (Å²) < 4.78 is 1.45. The molecule has 1 fully saturated rings. The Kier molecular flexibility index (Phi) is 4.83. The Morgan fingerprint density at radius 1 is 1.24 bits per heavy atom. The fourth-order valence-corrected chi connectivity index (χ4v) is 3.02. The highest BCUT2D eigenvalue weighted by molar-refractivity contribution is 6.00. The summed E-state index contributed by atoms with van der Waals surface area (Å²) in [6.45, 7) is 2.45. The lowest BCUT2D eigenvalue weighted by Gasteiger charge is -2.11. The van der Waals surface area contributed by atoms with Gasteiger partial charge in [0.05, 0.1) is 6.54 Å². The first-order valence-corrected chi connectivity index (χ1v) is 8.53. The van der Waals surface area contributed by atoms with Gasteiger partial charge < -0.3 is 9.88 Å². The second-order valence-corrected chi connectivity index (χ2v) is 6.74. The van der Waals surface area contributed by atoms with E-state index in [1.165, 1.54) is 17.7 Å². The Hall–Kier alpha value is -2.69. The van der Waals surface area contributed by atoms with Gasteiger partial charge in [-0.3, -0.25) is 14.4 Å². The van der Waals surface area contributed by atoms with E-state index in [4.69, 9.17) is 0 Å². The van der Waals surface area contributed by atoms with Crippen molar-refractivity contribution in [2.45, 2.75) is 26.3 Å². The van der Waals surface area contributed by atoms with Crippen molar-refractivity contribution in [3.05, 3.63) is 69.6 Å². The number of benzene rings is 1. The summed E-state index contributed by atoms with van der Waals surface area (Å²) in [5.41, 5.74) is 0.980. The van der Waals surface area contributed by atoms with Crippen LogP contribution in [-0.4, -0.2) is 23.3 Å². The van der Waals surface area contributed by atoms with Gasteiger partial charge in [-0.2, -0.15) is 0 Å².